The van der Waals surface area contributed by atoms with E-state index in [9.17, 15) is 0 Å². The van der Waals surface area contributed by atoms with Crippen molar-refractivity contribution in [2.75, 3.05) is 6.61 Å². The van der Waals surface area contributed by atoms with Gasteiger partial charge in [0.15, 0.2) is 0 Å². The van der Waals surface area contributed by atoms with Gasteiger partial charge in [-0.25, -0.2) is 0 Å². The maximum absolute atomic E-state index is 6.18. The van der Waals surface area contributed by atoms with Gasteiger partial charge in [-0.3, -0.25) is 0 Å². The van der Waals surface area contributed by atoms with Crippen LogP contribution in [0.4, 0.5) is 0 Å². The highest BCUT2D eigenvalue weighted by atomic mass is 35.5. The molecule has 0 amide bonds. The van der Waals surface area contributed by atoms with Gasteiger partial charge in [0.2, 0.25) is 0 Å². The van der Waals surface area contributed by atoms with Gasteiger partial charge in [0.05, 0.1) is 6.61 Å². The average Bonchev–Trinajstić information content (AvgIpc) is 2.77. The summed E-state index contributed by atoms with van der Waals surface area (Å²) in [7, 11) is 0. The van der Waals surface area contributed by atoms with E-state index in [0.29, 0.717) is 0 Å². The molecular formula is C15H18ClNO. The van der Waals surface area contributed by atoms with Crippen LogP contribution in [0.15, 0.2) is 23.8 Å². The standard InChI is InChI=1S/C15H18ClNO/c16-13-8-11-4-5-18-15(11)12(9-13)6-10-2-1-3-14(17)7-10/h7-9,14H,1-6,17H2. The fourth-order valence-corrected chi connectivity index (χ4v) is 3.17. The van der Waals surface area contributed by atoms with E-state index in [4.69, 9.17) is 22.1 Å². The number of ether oxygens (including phenoxy) is 1. The van der Waals surface area contributed by atoms with Gasteiger partial charge in [0, 0.05) is 17.5 Å². The zero-order valence-electron chi connectivity index (χ0n) is 10.4. The first-order valence-electron chi connectivity index (χ1n) is 6.61. The molecule has 3 heteroatoms. The molecule has 1 heterocycles. The maximum Gasteiger partial charge on any atom is 0.126 e. The Balaban J connectivity index is 1.89. The molecule has 18 heavy (non-hydrogen) atoms. The molecule has 2 N–H and O–H groups in total. The first-order chi connectivity index (χ1) is 8.72. The Morgan fingerprint density at radius 1 is 1.33 bits per heavy atom. The number of hydrogen-bond donors (Lipinski definition) is 1. The smallest absolute Gasteiger partial charge is 0.126 e. The number of nitrogens with two attached hydrogens (primary N) is 1. The molecule has 1 aliphatic carbocycles. The summed E-state index contributed by atoms with van der Waals surface area (Å²) in [5.41, 5.74) is 9.88. The quantitative estimate of drug-likeness (QED) is 0.832. The lowest BCUT2D eigenvalue weighted by Crippen LogP contribution is -2.20. The van der Waals surface area contributed by atoms with Gasteiger partial charge >= 0.3 is 0 Å². The Morgan fingerprint density at radius 3 is 3.06 bits per heavy atom. The molecule has 96 valence electrons. The molecule has 0 saturated carbocycles. The van der Waals surface area contributed by atoms with Crippen LogP contribution >= 0.6 is 11.6 Å². The van der Waals surface area contributed by atoms with Crippen molar-refractivity contribution in [2.45, 2.75) is 38.1 Å². The van der Waals surface area contributed by atoms with Gasteiger partial charge in [-0.1, -0.05) is 23.3 Å². The van der Waals surface area contributed by atoms with Crippen molar-refractivity contribution < 1.29 is 4.74 Å². The van der Waals surface area contributed by atoms with Gasteiger partial charge < -0.3 is 10.5 Å². The maximum atomic E-state index is 6.18. The minimum absolute atomic E-state index is 0.224. The van der Waals surface area contributed by atoms with E-state index in [0.717, 1.165) is 43.1 Å². The molecule has 2 aliphatic rings. The van der Waals surface area contributed by atoms with E-state index in [1.165, 1.54) is 23.1 Å². The molecular weight excluding hydrogens is 246 g/mol. The largest absolute Gasteiger partial charge is 0.493 e. The topological polar surface area (TPSA) is 35.2 Å². The third-order valence-corrected chi connectivity index (χ3v) is 3.95. The number of hydrogen-bond acceptors (Lipinski definition) is 2. The van der Waals surface area contributed by atoms with E-state index in [-0.39, 0.29) is 6.04 Å². The van der Waals surface area contributed by atoms with Crippen LogP contribution in [0, 0.1) is 0 Å². The number of allylic oxidation sites excluding steroid dienone is 1. The lowest BCUT2D eigenvalue weighted by molar-refractivity contribution is 0.353. The highest BCUT2D eigenvalue weighted by molar-refractivity contribution is 6.30. The summed E-state index contributed by atoms with van der Waals surface area (Å²) in [6.07, 6.45) is 7.56. The SMILES string of the molecule is NC1C=C(Cc2cc(Cl)cc3c2OCC3)CCC1. The van der Waals surface area contributed by atoms with Gasteiger partial charge in [0.1, 0.15) is 5.75 Å². The Hall–Kier alpha value is -0.990. The minimum Gasteiger partial charge on any atom is -0.493 e. The zero-order chi connectivity index (χ0) is 12.5. The predicted octanol–water partition coefficient (Wildman–Crippen LogP) is 3.26. The molecule has 0 spiro atoms. The van der Waals surface area contributed by atoms with E-state index >= 15 is 0 Å². The summed E-state index contributed by atoms with van der Waals surface area (Å²) in [5.74, 6) is 1.06. The van der Waals surface area contributed by atoms with Crippen molar-refractivity contribution >= 4 is 11.6 Å². The fourth-order valence-electron chi connectivity index (χ4n) is 2.90. The van der Waals surface area contributed by atoms with Crippen LogP contribution in [0.25, 0.3) is 0 Å². The number of halogens is 1. The normalized spacial score (nSPS) is 22.3. The number of rotatable bonds is 2. The summed E-state index contributed by atoms with van der Waals surface area (Å²) >= 11 is 6.18. The van der Waals surface area contributed by atoms with Gasteiger partial charge in [0.25, 0.3) is 0 Å². The lowest BCUT2D eigenvalue weighted by atomic mass is 9.91. The van der Waals surface area contributed by atoms with Crippen LogP contribution in [0.3, 0.4) is 0 Å². The molecule has 3 rings (SSSR count). The monoisotopic (exact) mass is 263 g/mol. The van der Waals surface area contributed by atoms with Crippen molar-refractivity contribution in [1.29, 1.82) is 0 Å². The molecule has 1 aliphatic heterocycles. The predicted molar refractivity (Wildman–Crippen MR) is 74.3 cm³/mol. The third-order valence-electron chi connectivity index (χ3n) is 3.73. The van der Waals surface area contributed by atoms with Crippen LogP contribution in [-0.2, 0) is 12.8 Å². The summed E-state index contributed by atoms with van der Waals surface area (Å²) in [4.78, 5) is 0. The molecule has 2 nitrogen and oxygen atoms in total. The Morgan fingerprint density at radius 2 is 2.22 bits per heavy atom. The van der Waals surface area contributed by atoms with Crippen molar-refractivity contribution in [3.05, 3.63) is 39.9 Å². The molecule has 1 unspecified atom stereocenters. The van der Waals surface area contributed by atoms with E-state index in [2.05, 4.69) is 6.08 Å². The Bertz CT molecular complexity index is 496. The molecule has 0 saturated heterocycles. The molecule has 0 radical (unpaired) electrons. The van der Waals surface area contributed by atoms with Crippen molar-refractivity contribution in [2.24, 2.45) is 5.73 Å². The van der Waals surface area contributed by atoms with Gasteiger partial charge in [-0.2, -0.15) is 0 Å². The molecule has 0 aromatic heterocycles. The highest BCUT2D eigenvalue weighted by Gasteiger charge is 2.19. The Kier molecular flexibility index (Phi) is 3.31. The number of benzene rings is 1. The second-order valence-electron chi connectivity index (χ2n) is 5.21. The van der Waals surface area contributed by atoms with Crippen molar-refractivity contribution in [1.82, 2.24) is 0 Å². The second-order valence-corrected chi connectivity index (χ2v) is 5.65. The second kappa shape index (κ2) is 4.94. The van der Waals surface area contributed by atoms with E-state index in [1.54, 1.807) is 0 Å². The fraction of sp³-hybridized carbons (Fsp3) is 0.467. The molecule has 1 aromatic carbocycles. The number of fused-ring (bicyclic) bond motifs is 1. The van der Waals surface area contributed by atoms with Gasteiger partial charge in [-0.15, -0.1) is 0 Å². The highest BCUT2D eigenvalue weighted by Crippen LogP contribution is 2.35. The Labute approximate surface area is 113 Å². The summed E-state index contributed by atoms with van der Waals surface area (Å²) < 4.78 is 5.74. The zero-order valence-corrected chi connectivity index (χ0v) is 11.2. The summed E-state index contributed by atoms with van der Waals surface area (Å²) in [6, 6.07) is 4.28. The van der Waals surface area contributed by atoms with Crippen LogP contribution in [0.5, 0.6) is 5.75 Å². The van der Waals surface area contributed by atoms with Crippen molar-refractivity contribution in [3.63, 3.8) is 0 Å². The van der Waals surface area contributed by atoms with Crippen LogP contribution in [-0.4, -0.2) is 12.6 Å². The molecule has 0 fully saturated rings. The molecule has 1 atom stereocenters. The first-order valence-corrected chi connectivity index (χ1v) is 6.99. The van der Waals surface area contributed by atoms with Crippen LogP contribution in [0.2, 0.25) is 5.02 Å². The average molecular weight is 264 g/mol. The first kappa shape index (κ1) is 12.1. The molecule has 0 bridgehead atoms. The van der Waals surface area contributed by atoms with Crippen molar-refractivity contribution in [3.8, 4) is 5.75 Å². The van der Waals surface area contributed by atoms with E-state index < -0.39 is 0 Å². The van der Waals surface area contributed by atoms with Crippen LogP contribution < -0.4 is 10.5 Å². The minimum atomic E-state index is 0.224. The molecule has 1 aromatic rings. The summed E-state index contributed by atoms with van der Waals surface area (Å²) in [6.45, 7) is 0.779. The van der Waals surface area contributed by atoms with Gasteiger partial charge in [-0.05, 0) is 48.9 Å². The lowest BCUT2D eigenvalue weighted by Gasteiger charge is -2.19. The summed E-state index contributed by atoms with van der Waals surface area (Å²) in [5, 5.41) is 0.815. The van der Waals surface area contributed by atoms with Crippen LogP contribution in [0.1, 0.15) is 30.4 Å². The third kappa shape index (κ3) is 2.40. The van der Waals surface area contributed by atoms with E-state index in [1.807, 2.05) is 12.1 Å².